The fraction of sp³-hybridized carbons (Fsp3) is 0.333. The van der Waals surface area contributed by atoms with Gasteiger partial charge in [-0.15, -0.1) is 21.5 Å². The molecule has 1 fully saturated rings. The van der Waals surface area contributed by atoms with E-state index in [-0.39, 0.29) is 6.79 Å². The van der Waals surface area contributed by atoms with E-state index in [1.165, 1.54) is 12.8 Å². The van der Waals surface area contributed by atoms with Crippen LogP contribution in [0.15, 0.2) is 34.8 Å². The second kappa shape index (κ2) is 6.88. The first-order valence-corrected chi connectivity index (χ1v) is 10.7. The third-order valence-corrected chi connectivity index (χ3v) is 6.50. The molecule has 1 aliphatic carbocycles. The summed E-state index contributed by atoms with van der Waals surface area (Å²) < 4.78 is 13.4. The fourth-order valence-corrected chi connectivity index (χ4v) is 5.06. The molecule has 0 atom stereocenters. The van der Waals surface area contributed by atoms with Gasteiger partial charge < -0.3 is 9.47 Å². The third-order valence-electron chi connectivity index (χ3n) is 4.43. The molecule has 0 unspecified atom stereocenters. The largest absolute Gasteiger partial charge is 0.467 e. The van der Waals surface area contributed by atoms with Crippen LogP contribution in [0.3, 0.4) is 0 Å². The zero-order valence-corrected chi connectivity index (χ0v) is 16.2. The van der Waals surface area contributed by atoms with Crippen LogP contribution in [0.2, 0.25) is 5.02 Å². The topological polar surface area (TPSA) is 49.2 Å². The number of aromatic nitrogens is 3. The van der Waals surface area contributed by atoms with Gasteiger partial charge in [-0.2, -0.15) is 0 Å². The van der Waals surface area contributed by atoms with Gasteiger partial charge in [0.1, 0.15) is 5.75 Å². The number of rotatable bonds is 5. The first-order chi connectivity index (χ1) is 12.8. The van der Waals surface area contributed by atoms with E-state index in [2.05, 4.69) is 32.3 Å². The molecule has 1 aromatic carbocycles. The van der Waals surface area contributed by atoms with Gasteiger partial charge in [-0.1, -0.05) is 29.4 Å². The Morgan fingerprint density at radius 3 is 3.04 bits per heavy atom. The van der Waals surface area contributed by atoms with Crippen molar-refractivity contribution < 1.29 is 9.47 Å². The molecule has 5 rings (SSSR count). The second-order valence-corrected chi connectivity index (χ2v) is 8.66. The molecule has 2 aromatic heterocycles. The Bertz CT molecular complexity index is 938. The van der Waals surface area contributed by atoms with Crippen molar-refractivity contribution in [3.8, 4) is 16.5 Å². The SMILES string of the molecule is Clc1cc2c(c(CSc3nnc(-c4cccs4)n3C3CC3)c1)OCOC2. The molecule has 26 heavy (non-hydrogen) atoms. The number of fused-ring (bicyclic) bond motifs is 1. The lowest BCUT2D eigenvalue weighted by atomic mass is 10.1. The van der Waals surface area contributed by atoms with Crippen molar-refractivity contribution in [2.45, 2.75) is 36.4 Å². The lowest BCUT2D eigenvalue weighted by Gasteiger charge is -2.21. The van der Waals surface area contributed by atoms with Gasteiger partial charge in [0, 0.05) is 27.9 Å². The zero-order valence-electron chi connectivity index (χ0n) is 13.9. The first-order valence-electron chi connectivity index (χ1n) is 8.43. The molecule has 2 aliphatic rings. The molecule has 0 N–H and O–H groups in total. The quantitative estimate of drug-likeness (QED) is 0.549. The number of halogens is 1. The first kappa shape index (κ1) is 16.6. The molecular formula is C18H16ClN3O2S2. The number of thioether (sulfide) groups is 1. The smallest absolute Gasteiger partial charge is 0.192 e. The van der Waals surface area contributed by atoms with Crippen LogP contribution in [0.5, 0.6) is 5.75 Å². The normalized spacial score (nSPS) is 16.3. The molecule has 0 spiro atoms. The molecule has 0 saturated heterocycles. The Balaban J connectivity index is 1.44. The zero-order chi connectivity index (χ0) is 17.5. The molecule has 134 valence electrons. The predicted molar refractivity (Wildman–Crippen MR) is 103 cm³/mol. The van der Waals surface area contributed by atoms with Crippen LogP contribution < -0.4 is 4.74 Å². The van der Waals surface area contributed by atoms with Gasteiger partial charge in [0.25, 0.3) is 0 Å². The van der Waals surface area contributed by atoms with E-state index >= 15 is 0 Å². The molecule has 0 amide bonds. The standard InChI is InChI=1S/C18H16ClN3O2S2/c19-13-6-11-8-23-10-24-16(11)12(7-13)9-26-18-21-20-17(15-2-1-5-25-15)22(18)14-3-4-14/h1-2,5-7,14H,3-4,8-10H2. The van der Waals surface area contributed by atoms with Gasteiger partial charge >= 0.3 is 0 Å². The average molecular weight is 406 g/mol. The monoisotopic (exact) mass is 405 g/mol. The fourth-order valence-electron chi connectivity index (χ4n) is 3.12. The number of nitrogens with zero attached hydrogens (tertiary/aromatic N) is 3. The van der Waals surface area contributed by atoms with Gasteiger partial charge in [-0.3, -0.25) is 4.57 Å². The molecule has 5 nitrogen and oxygen atoms in total. The van der Waals surface area contributed by atoms with Gasteiger partial charge in [0.2, 0.25) is 0 Å². The molecule has 8 heteroatoms. The lowest BCUT2D eigenvalue weighted by molar-refractivity contribution is -0.0168. The van der Waals surface area contributed by atoms with Crippen molar-refractivity contribution in [2.24, 2.45) is 0 Å². The van der Waals surface area contributed by atoms with Gasteiger partial charge in [0.15, 0.2) is 17.8 Å². The van der Waals surface area contributed by atoms with Crippen molar-refractivity contribution in [2.75, 3.05) is 6.79 Å². The van der Waals surface area contributed by atoms with E-state index in [0.29, 0.717) is 17.7 Å². The van der Waals surface area contributed by atoms with Crippen LogP contribution in [0, 0.1) is 0 Å². The minimum absolute atomic E-state index is 0.285. The van der Waals surface area contributed by atoms with Crippen molar-refractivity contribution in [3.05, 3.63) is 45.8 Å². The highest BCUT2D eigenvalue weighted by Gasteiger charge is 2.30. The summed E-state index contributed by atoms with van der Waals surface area (Å²) in [6.07, 6.45) is 2.38. The van der Waals surface area contributed by atoms with E-state index in [9.17, 15) is 0 Å². The highest BCUT2D eigenvalue weighted by atomic mass is 35.5. The van der Waals surface area contributed by atoms with E-state index in [1.54, 1.807) is 23.1 Å². The minimum atomic E-state index is 0.285. The van der Waals surface area contributed by atoms with Crippen LogP contribution in [0.4, 0.5) is 0 Å². The van der Waals surface area contributed by atoms with Crippen LogP contribution in [-0.4, -0.2) is 21.6 Å². The summed E-state index contributed by atoms with van der Waals surface area (Å²) in [6.45, 7) is 0.821. The Labute approximate surface area is 164 Å². The summed E-state index contributed by atoms with van der Waals surface area (Å²) in [5, 5.41) is 12.7. The molecule has 0 radical (unpaired) electrons. The number of thiophene rings is 1. The number of benzene rings is 1. The molecule has 3 aromatic rings. The summed E-state index contributed by atoms with van der Waals surface area (Å²) in [5.74, 6) is 2.60. The minimum Gasteiger partial charge on any atom is -0.467 e. The number of hydrogen-bond acceptors (Lipinski definition) is 6. The Morgan fingerprint density at radius 2 is 2.23 bits per heavy atom. The summed E-state index contributed by atoms with van der Waals surface area (Å²) in [5.41, 5.74) is 2.08. The molecule has 1 aliphatic heterocycles. The molecule has 0 bridgehead atoms. The van der Waals surface area contributed by atoms with Gasteiger partial charge in [0.05, 0.1) is 11.5 Å². The Kier molecular flexibility index (Phi) is 4.40. The maximum Gasteiger partial charge on any atom is 0.192 e. The van der Waals surface area contributed by atoms with Crippen molar-refractivity contribution >= 4 is 34.7 Å². The van der Waals surface area contributed by atoms with Crippen molar-refractivity contribution in [1.29, 1.82) is 0 Å². The summed E-state index contributed by atoms with van der Waals surface area (Å²) in [7, 11) is 0. The van der Waals surface area contributed by atoms with Gasteiger partial charge in [-0.05, 0) is 36.4 Å². The highest BCUT2D eigenvalue weighted by Crippen LogP contribution is 2.43. The summed E-state index contributed by atoms with van der Waals surface area (Å²) >= 11 is 9.66. The molecular weight excluding hydrogens is 390 g/mol. The Hall–Kier alpha value is -1.54. The number of ether oxygens (including phenoxy) is 2. The van der Waals surface area contributed by atoms with Crippen LogP contribution >= 0.6 is 34.7 Å². The third kappa shape index (κ3) is 3.13. The van der Waals surface area contributed by atoms with Gasteiger partial charge in [-0.25, -0.2) is 0 Å². The van der Waals surface area contributed by atoms with E-state index in [4.69, 9.17) is 21.1 Å². The van der Waals surface area contributed by atoms with Crippen LogP contribution in [0.1, 0.15) is 30.0 Å². The molecule has 3 heterocycles. The van der Waals surface area contributed by atoms with E-state index in [0.717, 1.165) is 38.5 Å². The van der Waals surface area contributed by atoms with Crippen molar-refractivity contribution in [3.63, 3.8) is 0 Å². The summed E-state index contributed by atoms with van der Waals surface area (Å²) in [4.78, 5) is 1.16. The predicted octanol–water partition coefficient (Wildman–Crippen LogP) is 5.15. The van der Waals surface area contributed by atoms with Crippen molar-refractivity contribution in [1.82, 2.24) is 14.8 Å². The average Bonchev–Trinajstić information content (AvgIpc) is 3.17. The lowest BCUT2D eigenvalue weighted by Crippen LogP contribution is -2.13. The van der Waals surface area contributed by atoms with E-state index in [1.807, 2.05) is 12.1 Å². The van der Waals surface area contributed by atoms with Crippen LogP contribution in [0.25, 0.3) is 10.7 Å². The Morgan fingerprint density at radius 1 is 1.31 bits per heavy atom. The maximum atomic E-state index is 6.27. The second-order valence-electron chi connectivity index (χ2n) is 6.34. The highest BCUT2D eigenvalue weighted by molar-refractivity contribution is 7.98. The van der Waals surface area contributed by atoms with Crippen LogP contribution in [-0.2, 0) is 17.1 Å². The summed E-state index contributed by atoms with van der Waals surface area (Å²) in [6, 6.07) is 8.55. The maximum absolute atomic E-state index is 6.27. The number of hydrogen-bond donors (Lipinski definition) is 0. The van der Waals surface area contributed by atoms with E-state index < -0.39 is 0 Å². The molecule has 1 saturated carbocycles.